The van der Waals surface area contributed by atoms with Gasteiger partial charge in [-0.25, -0.2) is 5.01 Å². The fourth-order valence-corrected chi connectivity index (χ4v) is 2.63. The predicted molar refractivity (Wildman–Crippen MR) is 106 cm³/mol. The van der Waals surface area contributed by atoms with Crippen molar-refractivity contribution in [3.8, 4) is 0 Å². The minimum absolute atomic E-state index is 0.284. The van der Waals surface area contributed by atoms with Gasteiger partial charge in [-0.15, -0.1) is 0 Å². The van der Waals surface area contributed by atoms with Gasteiger partial charge in [0.1, 0.15) is 0 Å². The van der Waals surface area contributed by atoms with E-state index in [1.165, 1.54) is 11.1 Å². The molecule has 0 radical (unpaired) electrons. The van der Waals surface area contributed by atoms with E-state index in [0.29, 0.717) is 16.1 Å². The van der Waals surface area contributed by atoms with Gasteiger partial charge in [0.05, 0.1) is 15.6 Å². The third-order valence-corrected chi connectivity index (χ3v) is 4.76. The van der Waals surface area contributed by atoms with Crippen molar-refractivity contribution in [3.05, 3.63) is 68.7 Å². The summed E-state index contributed by atoms with van der Waals surface area (Å²) in [6.07, 6.45) is 0. The van der Waals surface area contributed by atoms with Crippen LogP contribution in [0.4, 0.5) is 0 Å². The molecule has 2 aromatic carbocycles. The zero-order valence-corrected chi connectivity index (χ0v) is 17.0. The van der Waals surface area contributed by atoms with Gasteiger partial charge < -0.3 is 0 Å². The summed E-state index contributed by atoms with van der Waals surface area (Å²) in [5.74, 6) is -0.718. The maximum atomic E-state index is 13.0. The second-order valence-corrected chi connectivity index (χ2v) is 7.99. The van der Waals surface area contributed by atoms with E-state index in [-0.39, 0.29) is 16.8 Å². The maximum absolute atomic E-state index is 13.0. The van der Waals surface area contributed by atoms with Crippen molar-refractivity contribution in [1.29, 1.82) is 0 Å². The zero-order valence-electron chi connectivity index (χ0n) is 15.5. The molecule has 0 aromatic heterocycles. The molecular formula is C20H22Cl2N2O2. The molecule has 0 bridgehead atoms. The van der Waals surface area contributed by atoms with Crippen molar-refractivity contribution < 1.29 is 9.59 Å². The molecule has 26 heavy (non-hydrogen) atoms. The summed E-state index contributed by atoms with van der Waals surface area (Å²) in [7, 11) is 0. The highest BCUT2D eigenvalue weighted by Gasteiger charge is 2.30. The molecule has 0 saturated heterocycles. The topological polar surface area (TPSA) is 49.4 Å². The number of halogens is 2. The number of hydrazine groups is 1. The Kier molecular flexibility index (Phi) is 5.99. The first-order valence-corrected chi connectivity index (χ1v) is 8.94. The SMILES string of the molecule is Cc1ccc(C(=O)NN(C(=O)c2ccc(Cl)c(Cl)c2)C(C)(C)C)cc1C. The average molecular weight is 393 g/mol. The molecule has 0 fully saturated rings. The Bertz CT molecular complexity index is 857. The molecule has 4 nitrogen and oxygen atoms in total. The highest BCUT2D eigenvalue weighted by atomic mass is 35.5. The molecule has 0 unspecified atom stereocenters. The second kappa shape index (κ2) is 7.68. The maximum Gasteiger partial charge on any atom is 0.272 e. The fourth-order valence-electron chi connectivity index (χ4n) is 2.33. The van der Waals surface area contributed by atoms with E-state index in [1.807, 2.05) is 40.7 Å². The van der Waals surface area contributed by atoms with Crippen molar-refractivity contribution >= 4 is 35.0 Å². The fraction of sp³-hybridized carbons (Fsp3) is 0.300. The summed E-state index contributed by atoms with van der Waals surface area (Å²) in [5, 5.41) is 1.96. The normalized spacial score (nSPS) is 11.2. The van der Waals surface area contributed by atoms with Crippen LogP contribution in [0, 0.1) is 13.8 Å². The minimum Gasteiger partial charge on any atom is -0.267 e. The second-order valence-electron chi connectivity index (χ2n) is 7.18. The number of nitrogens with zero attached hydrogens (tertiary/aromatic N) is 1. The number of hydrogen-bond acceptors (Lipinski definition) is 2. The monoisotopic (exact) mass is 392 g/mol. The van der Waals surface area contributed by atoms with Crippen molar-refractivity contribution in [1.82, 2.24) is 10.4 Å². The Labute approximate surface area is 164 Å². The number of rotatable bonds is 2. The largest absolute Gasteiger partial charge is 0.272 e. The van der Waals surface area contributed by atoms with Gasteiger partial charge in [-0.1, -0.05) is 29.3 Å². The van der Waals surface area contributed by atoms with Crippen molar-refractivity contribution in [3.63, 3.8) is 0 Å². The predicted octanol–water partition coefficient (Wildman–Crippen LogP) is 5.20. The lowest BCUT2D eigenvalue weighted by Crippen LogP contribution is -2.55. The van der Waals surface area contributed by atoms with Crippen LogP contribution in [-0.4, -0.2) is 22.4 Å². The molecule has 0 aliphatic heterocycles. The number of benzene rings is 2. The third kappa shape index (κ3) is 4.57. The summed E-state index contributed by atoms with van der Waals surface area (Å²) in [6, 6.07) is 10.1. The van der Waals surface area contributed by atoms with E-state index in [9.17, 15) is 9.59 Å². The molecule has 1 N–H and O–H groups in total. The van der Waals surface area contributed by atoms with Crippen LogP contribution in [-0.2, 0) is 0 Å². The van der Waals surface area contributed by atoms with E-state index >= 15 is 0 Å². The average Bonchev–Trinajstić information content (AvgIpc) is 2.55. The van der Waals surface area contributed by atoms with Gasteiger partial charge in [0.2, 0.25) is 0 Å². The highest BCUT2D eigenvalue weighted by molar-refractivity contribution is 6.42. The molecule has 0 heterocycles. The lowest BCUT2D eigenvalue weighted by Gasteiger charge is -2.35. The molecule has 0 atom stereocenters. The van der Waals surface area contributed by atoms with E-state index in [1.54, 1.807) is 24.3 Å². The first kappa shape index (κ1) is 20.3. The summed E-state index contributed by atoms with van der Waals surface area (Å²) in [5.41, 5.74) is 5.02. The number of nitrogens with one attached hydrogen (secondary N) is 1. The van der Waals surface area contributed by atoms with Gasteiger partial charge in [-0.2, -0.15) is 0 Å². The number of amides is 2. The third-order valence-electron chi connectivity index (χ3n) is 4.02. The molecule has 0 aliphatic carbocycles. The summed E-state index contributed by atoms with van der Waals surface area (Å²) < 4.78 is 0. The standard InChI is InChI=1S/C20H22Cl2N2O2/c1-12-6-7-14(10-13(12)2)18(25)23-24(20(3,4)5)19(26)15-8-9-16(21)17(22)11-15/h6-11H,1-5H3,(H,23,25). The van der Waals surface area contributed by atoms with Gasteiger partial charge in [-0.05, 0) is 76.1 Å². The molecule has 0 aliphatic rings. The quantitative estimate of drug-likeness (QED) is 0.714. The molecule has 2 amide bonds. The van der Waals surface area contributed by atoms with Crippen molar-refractivity contribution in [2.24, 2.45) is 0 Å². The zero-order chi connectivity index (χ0) is 19.6. The van der Waals surface area contributed by atoms with Crippen LogP contribution in [0.15, 0.2) is 36.4 Å². The number of hydrogen-bond donors (Lipinski definition) is 1. The Morgan fingerprint density at radius 3 is 2.04 bits per heavy atom. The Hall–Kier alpha value is -2.04. The van der Waals surface area contributed by atoms with Gasteiger partial charge in [-0.3, -0.25) is 15.0 Å². The Morgan fingerprint density at radius 1 is 0.885 bits per heavy atom. The van der Waals surface area contributed by atoms with Crippen LogP contribution in [0.2, 0.25) is 10.0 Å². The van der Waals surface area contributed by atoms with Crippen LogP contribution in [0.25, 0.3) is 0 Å². The van der Waals surface area contributed by atoms with Gasteiger partial charge in [0, 0.05) is 11.1 Å². The molecule has 0 spiro atoms. The first-order chi connectivity index (χ1) is 12.0. The molecule has 6 heteroatoms. The van der Waals surface area contributed by atoms with Crippen molar-refractivity contribution in [2.45, 2.75) is 40.2 Å². The summed E-state index contributed by atoms with van der Waals surface area (Å²) >= 11 is 11.9. The number of aryl methyl sites for hydroxylation is 2. The van der Waals surface area contributed by atoms with Crippen molar-refractivity contribution in [2.75, 3.05) is 0 Å². The van der Waals surface area contributed by atoms with Crippen LogP contribution < -0.4 is 5.43 Å². The molecule has 138 valence electrons. The van der Waals surface area contributed by atoms with Gasteiger partial charge in [0.25, 0.3) is 11.8 Å². The van der Waals surface area contributed by atoms with E-state index in [0.717, 1.165) is 11.1 Å². The van der Waals surface area contributed by atoms with E-state index in [2.05, 4.69) is 5.43 Å². The summed E-state index contributed by atoms with van der Waals surface area (Å²) in [4.78, 5) is 25.6. The smallest absolute Gasteiger partial charge is 0.267 e. The Morgan fingerprint density at radius 2 is 1.50 bits per heavy atom. The lowest BCUT2D eigenvalue weighted by atomic mass is 10.1. The number of carbonyl (C=O) groups is 2. The molecule has 2 rings (SSSR count). The number of carbonyl (C=O) groups excluding carboxylic acids is 2. The summed E-state index contributed by atoms with van der Waals surface area (Å²) in [6.45, 7) is 9.43. The van der Waals surface area contributed by atoms with Crippen LogP contribution in [0.3, 0.4) is 0 Å². The van der Waals surface area contributed by atoms with Gasteiger partial charge >= 0.3 is 0 Å². The van der Waals surface area contributed by atoms with E-state index in [4.69, 9.17) is 23.2 Å². The molecular weight excluding hydrogens is 371 g/mol. The minimum atomic E-state index is -0.640. The Balaban J connectivity index is 2.32. The van der Waals surface area contributed by atoms with Gasteiger partial charge in [0.15, 0.2) is 0 Å². The highest BCUT2D eigenvalue weighted by Crippen LogP contribution is 2.24. The molecule has 0 saturated carbocycles. The van der Waals surface area contributed by atoms with Crippen LogP contribution >= 0.6 is 23.2 Å². The lowest BCUT2D eigenvalue weighted by molar-refractivity contribution is 0.0358. The van der Waals surface area contributed by atoms with Crippen LogP contribution in [0.5, 0.6) is 0 Å². The van der Waals surface area contributed by atoms with E-state index < -0.39 is 5.54 Å². The first-order valence-electron chi connectivity index (χ1n) is 8.18. The van der Waals surface area contributed by atoms with Crippen LogP contribution in [0.1, 0.15) is 52.6 Å². The molecule has 2 aromatic rings.